The van der Waals surface area contributed by atoms with Gasteiger partial charge in [0.05, 0.1) is 26.0 Å². The van der Waals surface area contributed by atoms with Gasteiger partial charge in [-0.3, -0.25) is 10.3 Å². The lowest BCUT2D eigenvalue weighted by atomic mass is 9.92. The van der Waals surface area contributed by atoms with E-state index in [1.807, 2.05) is 42.5 Å². The van der Waals surface area contributed by atoms with Crippen molar-refractivity contribution in [3.05, 3.63) is 118 Å². The molecule has 0 bridgehead atoms. The summed E-state index contributed by atoms with van der Waals surface area (Å²) in [6, 6.07) is 20.6. The van der Waals surface area contributed by atoms with E-state index in [1.165, 1.54) is 32.6 Å². The van der Waals surface area contributed by atoms with Crippen molar-refractivity contribution in [1.82, 2.24) is 5.48 Å². The van der Waals surface area contributed by atoms with Gasteiger partial charge >= 0.3 is 12.1 Å². The zero-order valence-corrected chi connectivity index (χ0v) is 21.0. The van der Waals surface area contributed by atoms with E-state index in [9.17, 15) is 18.0 Å². The van der Waals surface area contributed by atoms with Crippen LogP contribution in [0.5, 0.6) is 0 Å². The van der Waals surface area contributed by atoms with E-state index >= 15 is 0 Å². The highest BCUT2D eigenvalue weighted by molar-refractivity contribution is 6.16. The molecule has 0 fully saturated rings. The molecule has 3 aromatic rings. The zero-order chi connectivity index (χ0) is 27.1. The number of nitrogens with one attached hydrogen (secondary N) is 1. The maximum atomic E-state index is 13.2. The van der Waals surface area contributed by atoms with Crippen LogP contribution in [0.2, 0.25) is 0 Å². The molecular formula is C30H28F3NO4. The first-order valence-electron chi connectivity index (χ1n) is 12.1. The summed E-state index contributed by atoms with van der Waals surface area (Å²) in [6.07, 6.45) is 0.00886. The molecule has 4 rings (SSSR count). The lowest BCUT2D eigenvalue weighted by molar-refractivity contribution is -0.137. The minimum absolute atomic E-state index is 0.0741. The van der Waals surface area contributed by atoms with Crippen LogP contribution in [0.15, 0.2) is 84.8 Å². The third kappa shape index (κ3) is 6.26. The molecule has 0 amide bonds. The molecular weight excluding hydrogens is 495 g/mol. The highest BCUT2D eigenvalue weighted by Crippen LogP contribution is 2.38. The predicted molar refractivity (Wildman–Crippen MR) is 138 cm³/mol. The second-order valence-corrected chi connectivity index (χ2v) is 8.82. The molecule has 1 N–H and O–H groups in total. The first-order chi connectivity index (χ1) is 18.3. The van der Waals surface area contributed by atoms with Crippen LogP contribution in [-0.2, 0) is 38.3 Å². The Kier molecular flexibility index (Phi) is 8.53. The number of hydrogen-bond donors (Lipinski definition) is 1. The molecule has 0 saturated heterocycles. The Labute approximate surface area is 219 Å². The van der Waals surface area contributed by atoms with Gasteiger partial charge < -0.3 is 9.47 Å². The van der Waals surface area contributed by atoms with Crippen molar-refractivity contribution in [2.24, 2.45) is 0 Å². The Morgan fingerprint density at radius 1 is 1.00 bits per heavy atom. The van der Waals surface area contributed by atoms with Crippen LogP contribution < -0.4 is 5.48 Å². The lowest BCUT2D eigenvalue weighted by Crippen LogP contribution is -2.19. The molecule has 8 heteroatoms. The zero-order valence-electron chi connectivity index (χ0n) is 21.0. The van der Waals surface area contributed by atoms with E-state index in [2.05, 4.69) is 5.48 Å². The smallest absolute Gasteiger partial charge is 0.416 e. The van der Waals surface area contributed by atoms with Gasteiger partial charge in [-0.25, -0.2) is 4.79 Å². The highest BCUT2D eigenvalue weighted by atomic mass is 19.4. The first-order valence-corrected chi connectivity index (χ1v) is 12.1. The number of allylic oxidation sites excluding steroid dienone is 1. The molecule has 38 heavy (non-hydrogen) atoms. The fourth-order valence-electron chi connectivity index (χ4n) is 4.58. The van der Waals surface area contributed by atoms with E-state index in [0.29, 0.717) is 24.0 Å². The number of fused-ring (bicyclic) bond motifs is 1. The van der Waals surface area contributed by atoms with Crippen molar-refractivity contribution in [3.63, 3.8) is 0 Å². The van der Waals surface area contributed by atoms with Crippen molar-refractivity contribution in [3.8, 4) is 0 Å². The third-order valence-electron chi connectivity index (χ3n) is 6.40. The third-order valence-corrected chi connectivity index (χ3v) is 6.40. The average Bonchev–Trinajstić information content (AvgIpc) is 3.27. The number of halogens is 3. The van der Waals surface area contributed by atoms with Crippen molar-refractivity contribution in [2.45, 2.75) is 31.5 Å². The van der Waals surface area contributed by atoms with Crippen LogP contribution in [0.25, 0.3) is 11.6 Å². The number of aryl methyl sites for hydroxylation is 1. The second-order valence-electron chi connectivity index (χ2n) is 8.82. The SMILES string of the molecule is COC=C(C(=O)OC)c1ccccc1CONC1=Cc2ccccc2C1CCc1cccc(C(F)(F)F)c1. The van der Waals surface area contributed by atoms with Crippen molar-refractivity contribution < 1.29 is 32.3 Å². The average molecular weight is 524 g/mol. The summed E-state index contributed by atoms with van der Waals surface area (Å²) >= 11 is 0. The molecule has 0 heterocycles. The van der Waals surface area contributed by atoms with Gasteiger partial charge in [-0.1, -0.05) is 66.7 Å². The van der Waals surface area contributed by atoms with E-state index in [-0.39, 0.29) is 18.1 Å². The van der Waals surface area contributed by atoms with Gasteiger partial charge in [0.15, 0.2) is 0 Å². The van der Waals surface area contributed by atoms with Crippen molar-refractivity contribution >= 4 is 17.6 Å². The number of carbonyl (C=O) groups excluding carboxylic acids is 1. The van der Waals surface area contributed by atoms with Crippen LogP contribution in [0.4, 0.5) is 13.2 Å². The summed E-state index contributed by atoms with van der Waals surface area (Å²) in [6.45, 7) is 0.141. The molecule has 0 aromatic heterocycles. The number of hydroxylamine groups is 1. The molecule has 1 aliphatic carbocycles. The van der Waals surface area contributed by atoms with Crippen LogP contribution in [0.3, 0.4) is 0 Å². The number of benzene rings is 3. The maximum absolute atomic E-state index is 13.2. The molecule has 1 aliphatic rings. The molecule has 1 atom stereocenters. The summed E-state index contributed by atoms with van der Waals surface area (Å²) in [5.74, 6) is -0.606. The second kappa shape index (κ2) is 12.0. The molecule has 5 nitrogen and oxygen atoms in total. The van der Waals surface area contributed by atoms with Gasteiger partial charge in [0.2, 0.25) is 0 Å². The van der Waals surface area contributed by atoms with Crippen LogP contribution >= 0.6 is 0 Å². The van der Waals surface area contributed by atoms with E-state index in [0.717, 1.165) is 28.5 Å². The monoisotopic (exact) mass is 523 g/mol. The fourth-order valence-corrected chi connectivity index (χ4v) is 4.58. The molecule has 198 valence electrons. The predicted octanol–water partition coefficient (Wildman–Crippen LogP) is 6.66. The Bertz CT molecular complexity index is 1350. The molecule has 0 radical (unpaired) electrons. The largest absolute Gasteiger partial charge is 0.503 e. The van der Waals surface area contributed by atoms with Gasteiger partial charge in [-0.05, 0) is 52.8 Å². The van der Waals surface area contributed by atoms with Crippen molar-refractivity contribution in [2.75, 3.05) is 14.2 Å². The van der Waals surface area contributed by atoms with Gasteiger partial charge in [-0.2, -0.15) is 13.2 Å². The van der Waals surface area contributed by atoms with Crippen molar-refractivity contribution in [1.29, 1.82) is 0 Å². The number of hydrogen-bond acceptors (Lipinski definition) is 5. The van der Waals surface area contributed by atoms with Gasteiger partial charge in [-0.15, -0.1) is 0 Å². The van der Waals surface area contributed by atoms with Gasteiger partial charge in [0.1, 0.15) is 12.2 Å². The Morgan fingerprint density at radius 2 is 1.76 bits per heavy atom. The number of ether oxygens (including phenoxy) is 2. The molecule has 0 aliphatic heterocycles. The summed E-state index contributed by atoms with van der Waals surface area (Å²) in [7, 11) is 2.75. The van der Waals surface area contributed by atoms with Crippen LogP contribution in [0.1, 0.15) is 45.7 Å². The number of alkyl halides is 3. The maximum Gasteiger partial charge on any atom is 0.416 e. The van der Waals surface area contributed by atoms with Crippen LogP contribution in [0, 0.1) is 0 Å². The van der Waals surface area contributed by atoms with E-state index in [4.69, 9.17) is 14.3 Å². The minimum atomic E-state index is -4.38. The fraction of sp³-hybridized carbons (Fsp3) is 0.233. The standard InChI is InChI=1S/C30H28F3NO4/c1-36-19-27(29(35)37-2)25-13-6-4-10-22(25)18-38-34-28-17-21-9-3-5-12-24(21)26(28)15-14-20-8-7-11-23(16-20)30(31,32)33/h3-13,16-17,19,26,34H,14-15,18H2,1-2H3. The number of methoxy groups -OCH3 is 2. The number of esters is 1. The topological polar surface area (TPSA) is 56.8 Å². The quantitative estimate of drug-likeness (QED) is 0.139. The highest BCUT2D eigenvalue weighted by Gasteiger charge is 2.31. The van der Waals surface area contributed by atoms with Gasteiger partial charge in [0.25, 0.3) is 0 Å². The summed E-state index contributed by atoms with van der Waals surface area (Å²) in [5.41, 5.74) is 7.59. The molecule has 3 aromatic carbocycles. The molecule has 0 saturated carbocycles. The molecule has 0 spiro atoms. The summed E-state index contributed by atoms with van der Waals surface area (Å²) in [5, 5.41) is 0. The summed E-state index contributed by atoms with van der Waals surface area (Å²) < 4.78 is 49.4. The lowest BCUT2D eigenvalue weighted by Gasteiger charge is -2.19. The van der Waals surface area contributed by atoms with E-state index in [1.54, 1.807) is 18.2 Å². The van der Waals surface area contributed by atoms with E-state index < -0.39 is 17.7 Å². The minimum Gasteiger partial charge on any atom is -0.503 e. The normalized spacial score (nSPS) is 15.0. The molecule has 1 unspecified atom stereocenters. The Balaban J connectivity index is 1.48. The van der Waals surface area contributed by atoms with Crippen LogP contribution in [-0.4, -0.2) is 20.2 Å². The number of rotatable bonds is 10. The summed E-state index contributed by atoms with van der Waals surface area (Å²) in [4.78, 5) is 18.1. The first kappa shape index (κ1) is 27.0. The van der Waals surface area contributed by atoms with Gasteiger partial charge in [0, 0.05) is 11.6 Å². The number of carbonyl (C=O) groups is 1. The Hall–Kier alpha value is -4.04. The Morgan fingerprint density at radius 3 is 2.53 bits per heavy atom.